The summed E-state index contributed by atoms with van der Waals surface area (Å²) in [6.45, 7) is 5.07. The molecule has 146 valence electrons. The SMILES string of the molecule is COc1ccc(CN(C(=S)Nc2ccccc2C)[C@@H](C)Cc2cccs2)cc1. The second-order valence-corrected chi connectivity index (χ2v) is 8.27. The highest BCUT2D eigenvalue weighted by Gasteiger charge is 2.19. The molecule has 3 nitrogen and oxygen atoms in total. The molecule has 0 amide bonds. The molecule has 3 rings (SSSR count). The van der Waals surface area contributed by atoms with Crippen LogP contribution >= 0.6 is 23.6 Å². The molecule has 2 aromatic carbocycles. The standard InChI is InChI=1S/C23H26N2OS2/c1-17-7-4-5-9-22(17)24-23(27)25(18(2)15-21-8-6-14-28-21)16-19-10-12-20(26-3)13-11-19/h4-14,18H,15-16H2,1-3H3,(H,24,27)/t18-/m0/s1. The van der Waals surface area contributed by atoms with Gasteiger partial charge in [-0.15, -0.1) is 11.3 Å². The van der Waals surface area contributed by atoms with E-state index in [0.29, 0.717) is 0 Å². The highest BCUT2D eigenvalue weighted by Crippen LogP contribution is 2.21. The van der Waals surface area contributed by atoms with Crippen LogP contribution in [0.1, 0.15) is 22.9 Å². The zero-order valence-electron chi connectivity index (χ0n) is 16.5. The van der Waals surface area contributed by atoms with Gasteiger partial charge in [-0.1, -0.05) is 36.4 Å². The Morgan fingerprint density at radius 3 is 2.50 bits per heavy atom. The molecule has 28 heavy (non-hydrogen) atoms. The largest absolute Gasteiger partial charge is 0.497 e. The fraction of sp³-hybridized carbons (Fsp3) is 0.261. The first-order valence-corrected chi connectivity index (χ1v) is 10.6. The minimum Gasteiger partial charge on any atom is -0.497 e. The molecule has 1 N–H and O–H groups in total. The summed E-state index contributed by atoms with van der Waals surface area (Å²) in [5, 5.41) is 6.32. The molecule has 1 aromatic heterocycles. The van der Waals surface area contributed by atoms with Gasteiger partial charge in [-0.05, 0) is 66.8 Å². The van der Waals surface area contributed by atoms with Crippen molar-refractivity contribution in [1.29, 1.82) is 0 Å². The molecular weight excluding hydrogens is 384 g/mol. The van der Waals surface area contributed by atoms with Crippen molar-refractivity contribution in [2.75, 3.05) is 12.4 Å². The number of nitrogens with zero attached hydrogens (tertiary/aromatic N) is 1. The number of nitrogens with one attached hydrogen (secondary N) is 1. The number of methoxy groups -OCH3 is 1. The molecule has 0 unspecified atom stereocenters. The van der Waals surface area contributed by atoms with E-state index in [1.54, 1.807) is 18.4 Å². The topological polar surface area (TPSA) is 24.5 Å². The van der Waals surface area contributed by atoms with E-state index in [-0.39, 0.29) is 6.04 Å². The van der Waals surface area contributed by atoms with E-state index in [2.05, 4.69) is 65.8 Å². The van der Waals surface area contributed by atoms with Crippen molar-refractivity contribution in [2.24, 2.45) is 0 Å². The predicted molar refractivity (Wildman–Crippen MR) is 123 cm³/mol. The number of hydrogen-bond acceptors (Lipinski definition) is 3. The number of benzene rings is 2. The smallest absolute Gasteiger partial charge is 0.173 e. The zero-order valence-corrected chi connectivity index (χ0v) is 18.1. The summed E-state index contributed by atoms with van der Waals surface area (Å²) in [4.78, 5) is 3.63. The summed E-state index contributed by atoms with van der Waals surface area (Å²) in [7, 11) is 1.69. The second kappa shape index (κ2) is 9.71. The van der Waals surface area contributed by atoms with Crippen molar-refractivity contribution in [3.8, 4) is 5.75 Å². The number of thiocarbonyl (C=S) groups is 1. The molecule has 0 saturated carbocycles. The Morgan fingerprint density at radius 2 is 1.86 bits per heavy atom. The lowest BCUT2D eigenvalue weighted by molar-refractivity contribution is 0.326. The van der Waals surface area contributed by atoms with Crippen LogP contribution in [0.2, 0.25) is 0 Å². The lowest BCUT2D eigenvalue weighted by Gasteiger charge is -2.32. The molecule has 0 bridgehead atoms. The van der Waals surface area contributed by atoms with Crippen molar-refractivity contribution < 1.29 is 4.74 Å². The van der Waals surface area contributed by atoms with E-state index < -0.39 is 0 Å². The molecule has 0 aliphatic heterocycles. The summed E-state index contributed by atoms with van der Waals surface area (Å²) in [5.41, 5.74) is 3.43. The van der Waals surface area contributed by atoms with Gasteiger partial charge in [0, 0.05) is 29.6 Å². The monoisotopic (exact) mass is 410 g/mol. The van der Waals surface area contributed by atoms with Crippen molar-refractivity contribution >= 4 is 34.4 Å². The van der Waals surface area contributed by atoms with Gasteiger partial charge in [0.05, 0.1) is 7.11 Å². The zero-order chi connectivity index (χ0) is 19.9. The molecule has 0 aliphatic rings. The molecule has 0 saturated heterocycles. The fourth-order valence-electron chi connectivity index (χ4n) is 3.09. The van der Waals surface area contributed by atoms with Gasteiger partial charge in [0.1, 0.15) is 5.75 Å². The summed E-state index contributed by atoms with van der Waals surface area (Å²) in [6.07, 6.45) is 0.962. The number of aryl methyl sites for hydroxylation is 1. The number of ether oxygens (including phenoxy) is 1. The minimum atomic E-state index is 0.268. The molecule has 0 fully saturated rings. The molecule has 0 radical (unpaired) electrons. The summed E-state index contributed by atoms with van der Waals surface area (Å²) in [5.74, 6) is 0.863. The maximum Gasteiger partial charge on any atom is 0.173 e. The average molecular weight is 411 g/mol. The number of thiophene rings is 1. The van der Waals surface area contributed by atoms with Gasteiger partial charge in [-0.25, -0.2) is 0 Å². The van der Waals surface area contributed by atoms with Crippen molar-refractivity contribution in [2.45, 2.75) is 32.9 Å². The number of anilines is 1. The Bertz CT molecular complexity index is 891. The van der Waals surface area contributed by atoms with E-state index in [1.807, 2.05) is 24.3 Å². The van der Waals surface area contributed by atoms with Crippen LogP contribution in [0.25, 0.3) is 0 Å². The first kappa shape index (κ1) is 20.4. The predicted octanol–water partition coefficient (Wildman–Crippen LogP) is 5.90. The molecular formula is C23H26N2OS2. The molecule has 5 heteroatoms. The Kier molecular flexibility index (Phi) is 7.06. The molecule has 0 spiro atoms. The second-order valence-electron chi connectivity index (χ2n) is 6.85. The van der Waals surface area contributed by atoms with Crippen LogP contribution < -0.4 is 10.1 Å². The molecule has 3 aromatic rings. The highest BCUT2D eigenvalue weighted by molar-refractivity contribution is 7.80. The lowest BCUT2D eigenvalue weighted by atomic mass is 10.1. The average Bonchev–Trinajstić information content (AvgIpc) is 3.21. The van der Waals surface area contributed by atoms with Gasteiger partial charge in [-0.3, -0.25) is 0 Å². The van der Waals surface area contributed by atoms with Crippen LogP contribution in [-0.2, 0) is 13.0 Å². The van der Waals surface area contributed by atoms with E-state index in [1.165, 1.54) is 16.0 Å². The highest BCUT2D eigenvalue weighted by atomic mass is 32.1. The Labute approximate surface area is 177 Å². The number of rotatable bonds is 7. The van der Waals surface area contributed by atoms with Crippen LogP contribution in [0.3, 0.4) is 0 Å². The summed E-state index contributed by atoms with van der Waals surface area (Å²) < 4.78 is 5.28. The van der Waals surface area contributed by atoms with E-state index >= 15 is 0 Å². The maximum atomic E-state index is 5.83. The van der Waals surface area contributed by atoms with Gasteiger partial charge in [0.2, 0.25) is 0 Å². The third kappa shape index (κ3) is 5.33. The van der Waals surface area contributed by atoms with Gasteiger partial charge in [0.15, 0.2) is 5.11 Å². The van der Waals surface area contributed by atoms with Gasteiger partial charge in [0.25, 0.3) is 0 Å². The van der Waals surface area contributed by atoms with E-state index in [4.69, 9.17) is 17.0 Å². The molecule has 1 heterocycles. The number of para-hydroxylation sites is 1. The van der Waals surface area contributed by atoms with Crippen LogP contribution in [0, 0.1) is 6.92 Å². The van der Waals surface area contributed by atoms with E-state index in [9.17, 15) is 0 Å². The van der Waals surface area contributed by atoms with Gasteiger partial charge >= 0.3 is 0 Å². The van der Waals surface area contributed by atoms with Crippen LogP contribution in [0.5, 0.6) is 5.75 Å². The third-order valence-electron chi connectivity index (χ3n) is 4.77. The normalized spacial score (nSPS) is 11.7. The molecule has 1 atom stereocenters. The van der Waals surface area contributed by atoms with Crippen molar-refractivity contribution in [1.82, 2.24) is 4.90 Å². The Balaban J connectivity index is 1.79. The quantitative estimate of drug-likeness (QED) is 0.491. The van der Waals surface area contributed by atoms with E-state index in [0.717, 1.165) is 29.5 Å². The Morgan fingerprint density at radius 1 is 1.11 bits per heavy atom. The van der Waals surface area contributed by atoms with Gasteiger partial charge in [-0.2, -0.15) is 0 Å². The minimum absolute atomic E-state index is 0.268. The first-order chi connectivity index (χ1) is 13.6. The van der Waals surface area contributed by atoms with Crippen molar-refractivity contribution in [3.05, 3.63) is 82.0 Å². The lowest BCUT2D eigenvalue weighted by Crippen LogP contribution is -2.41. The molecule has 0 aliphatic carbocycles. The number of hydrogen-bond donors (Lipinski definition) is 1. The summed E-state index contributed by atoms with van der Waals surface area (Å²) in [6, 6.07) is 21.0. The fourth-order valence-corrected chi connectivity index (χ4v) is 4.27. The third-order valence-corrected chi connectivity index (χ3v) is 6.00. The van der Waals surface area contributed by atoms with Crippen LogP contribution in [0.15, 0.2) is 66.0 Å². The van der Waals surface area contributed by atoms with Crippen molar-refractivity contribution in [3.63, 3.8) is 0 Å². The van der Waals surface area contributed by atoms with Crippen LogP contribution in [-0.4, -0.2) is 23.2 Å². The summed E-state index contributed by atoms with van der Waals surface area (Å²) >= 11 is 7.62. The first-order valence-electron chi connectivity index (χ1n) is 9.35. The maximum absolute atomic E-state index is 5.83. The van der Waals surface area contributed by atoms with Crippen LogP contribution in [0.4, 0.5) is 5.69 Å². The van der Waals surface area contributed by atoms with Gasteiger partial charge < -0.3 is 15.0 Å². The Hall–Kier alpha value is -2.37.